The number of aromatic nitrogens is 4. The topological polar surface area (TPSA) is 106 Å². The summed E-state index contributed by atoms with van der Waals surface area (Å²) in [5.74, 6) is 2.49. The van der Waals surface area contributed by atoms with Gasteiger partial charge < -0.3 is 14.8 Å². The zero-order chi connectivity index (χ0) is 25.9. The van der Waals surface area contributed by atoms with Crippen molar-refractivity contribution < 1.29 is 9.47 Å². The predicted octanol–water partition coefficient (Wildman–Crippen LogP) is 6.66. The molecule has 8 nitrogen and oxygen atoms in total. The number of nitrogens with zero attached hydrogens (tertiary/aromatic N) is 5. The third-order valence-corrected chi connectivity index (χ3v) is 6.04. The number of methoxy groups -OCH3 is 1. The van der Waals surface area contributed by atoms with Gasteiger partial charge in [-0.1, -0.05) is 30.3 Å². The number of benzene rings is 3. The Hall–Kier alpha value is -5.55. The van der Waals surface area contributed by atoms with E-state index in [1.54, 1.807) is 37.6 Å². The zero-order valence-corrected chi connectivity index (χ0v) is 20.3. The van der Waals surface area contributed by atoms with Crippen LogP contribution in [0.2, 0.25) is 0 Å². The van der Waals surface area contributed by atoms with Crippen molar-refractivity contribution in [2.75, 3.05) is 12.4 Å². The molecule has 0 saturated heterocycles. The third kappa shape index (κ3) is 4.40. The Morgan fingerprint density at radius 3 is 2.47 bits per heavy atom. The number of ether oxygens (including phenoxy) is 2. The minimum absolute atomic E-state index is 0.518. The maximum absolute atomic E-state index is 9.15. The number of hydrogen-bond donors (Lipinski definition) is 1. The van der Waals surface area contributed by atoms with E-state index in [2.05, 4.69) is 31.6 Å². The molecule has 0 saturated carbocycles. The van der Waals surface area contributed by atoms with E-state index in [0.717, 1.165) is 21.8 Å². The summed E-state index contributed by atoms with van der Waals surface area (Å²) in [5, 5.41) is 24.1. The number of anilines is 2. The van der Waals surface area contributed by atoms with Gasteiger partial charge in [0.15, 0.2) is 5.82 Å². The molecule has 3 aromatic carbocycles. The normalized spacial score (nSPS) is 10.7. The molecule has 0 aliphatic heterocycles. The van der Waals surface area contributed by atoms with Crippen LogP contribution in [0.4, 0.5) is 11.5 Å². The average molecular weight is 497 g/mol. The molecule has 3 heterocycles. The lowest BCUT2D eigenvalue weighted by molar-refractivity contribution is 0.398. The Kier molecular flexibility index (Phi) is 5.92. The molecule has 0 aliphatic rings. The van der Waals surface area contributed by atoms with Crippen molar-refractivity contribution in [1.82, 2.24) is 20.2 Å². The van der Waals surface area contributed by atoms with Crippen molar-refractivity contribution in [2.45, 2.75) is 0 Å². The van der Waals surface area contributed by atoms with Gasteiger partial charge in [-0.05, 0) is 54.6 Å². The summed E-state index contributed by atoms with van der Waals surface area (Å²) in [5.41, 5.74) is 3.47. The summed E-state index contributed by atoms with van der Waals surface area (Å²) in [4.78, 5) is 8.87. The van der Waals surface area contributed by atoms with E-state index in [1.165, 1.54) is 0 Å². The lowest BCUT2D eigenvalue weighted by atomic mass is 10.1. The van der Waals surface area contributed by atoms with Crippen LogP contribution in [0.3, 0.4) is 0 Å². The smallest absolute Gasteiger partial charge is 0.213 e. The highest BCUT2D eigenvalue weighted by Crippen LogP contribution is 2.33. The molecule has 0 amide bonds. The number of nitrogens with one attached hydrogen (secondary N) is 1. The highest BCUT2D eigenvalue weighted by molar-refractivity contribution is 6.00. The molecule has 0 unspecified atom stereocenters. The van der Waals surface area contributed by atoms with Crippen LogP contribution in [0.25, 0.3) is 33.1 Å². The molecule has 0 spiro atoms. The number of pyridine rings is 2. The van der Waals surface area contributed by atoms with Crippen molar-refractivity contribution in [3.05, 3.63) is 103 Å². The second-order valence-corrected chi connectivity index (χ2v) is 8.41. The molecule has 38 heavy (non-hydrogen) atoms. The number of hydrogen-bond acceptors (Lipinski definition) is 8. The van der Waals surface area contributed by atoms with Crippen LogP contribution >= 0.6 is 0 Å². The van der Waals surface area contributed by atoms with Crippen molar-refractivity contribution >= 4 is 33.2 Å². The lowest BCUT2D eigenvalue weighted by Gasteiger charge is -2.12. The quantitative estimate of drug-likeness (QED) is 0.273. The van der Waals surface area contributed by atoms with Crippen LogP contribution in [0.15, 0.2) is 97.2 Å². The molecule has 6 aromatic rings. The van der Waals surface area contributed by atoms with Crippen LogP contribution in [0.5, 0.6) is 17.4 Å². The van der Waals surface area contributed by atoms with Crippen LogP contribution < -0.4 is 14.8 Å². The van der Waals surface area contributed by atoms with E-state index in [4.69, 9.17) is 14.7 Å². The minimum Gasteiger partial charge on any atom is -0.481 e. The Morgan fingerprint density at radius 2 is 1.66 bits per heavy atom. The summed E-state index contributed by atoms with van der Waals surface area (Å²) in [6.45, 7) is 0. The zero-order valence-electron chi connectivity index (χ0n) is 20.3. The molecule has 0 fully saturated rings. The van der Waals surface area contributed by atoms with Gasteiger partial charge in [0, 0.05) is 34.1 Å². The van der Waals surface area contributed by atoms with Gasteiger partial charge in [-0.15, -0.1) is 10.2 Å². The first-order valence-corrected chi connectivity index (χ1v) is 11.8. The van der Waals surface area contributed by atoms with Crippen molar-refractivity contribution in [3.8, 4) is 34.8 Å². The standard InChI is InChI=1S/C30H20N6O2/c1-37-28-8-4-7-25(34-28)29-22-5-2-3-6-23(22)30(36-35-29)33-20-10-12-21(13-11-20)38-27-15-16-32-26-17-19(18-31)9-14-24(26)27/h2-17H,1H3,(H,33,36). The van der Waals surface area contributed by atoms with Crippen LogP contribution in [-0.2, 0) is 0 Å². The Bertz CT molecular complexity index is 1830. The monoisotopic (exact) mass is 496 g/mol. The van der Waals surface area contributed by atoms with Crippen molar-refractivity contribution in [2.24, 2.45) is 0 Å². The van der Waals surface area contributed by atoms with Crippen molar-refractivity contribution in [1.29, 1.82) is 5.26 Å². The number of rotatable bonds is 6. The largest absolute Gasteiger partial charge is 0.481 e. The minimum atomic E-state index is 0.518. The maximum Gasteiger partial charge on any atom is 0.213 e. The van der Waals surface area contributed by atoms with Crippen molar-refractivity contribution in [3.63, 3.8) is 0 Å². The highest BCUT2D eigenvalue weighted by Gasteiger charge is 2.13. The van der Waals surface area contributed by atoms with Gasteiger partial charge in [-0.3, -0.25) is 4.98 Å². The summed E-state index contributed by atoms with van der Waals surface area (Å²) >= 11 is 0. The first-order chi connectivity index (χ1) is 18.7. The predicted molar refractivity (Wildman–Crippen MR) is 146 cm³/mol. The molecule has 0 aliphatic carbocycles. The van der Waals surface area contributed by atoms with Gasteiger partial charge >= 0.3 is 0 Å². The Labute approximate surface area is 218 Å². The lowest BCUT2D eigenvalue weighted by Crippen LogP contribution is -2.00. The number of nitriles is 1. The van der Waals surface area contributed by atoms with Gasteiger partial charge in [0.1, 0.15) is 17.2 Å². The molecule has 8 heteroatoms. The second kappa shape index (κ2) is 9.84. The van der Waals surface area contributed by atoms with E-state index in [-0.39, 0.29) is 0 Å². The fourth-order valence-electron chi connectivity index (χ4n) is 4.20. The molecular formula is C30H20N6O2. The first kappa shape index (κ1) is 22.9. The molecule has 182 valence electrons. The molecule has 6 rings (SSSR count). The fourth-order valence-corrected chi connectivity index (χ4v) is 4.20. The maximum atomic E-state index is 9.15. The van der Waals surface area contributed by atoms with Gasteiger partial charge in [0.2, 0.25) is 5.88 Å². The summed E-state index contributed by atoms with van der Waals surface area (Å²) in [6, 6.07) is 30.4. The molecule has 0 radical (unpaired) electrons. The molecule has 1 N–H and O–H groups in total. The van der Waals surface area contributed by atoms with E-state index in [0.29, 0.717) is 45.7 Å². The first-order valence-electron chi connectivity index (χ1n) is 11.8. The summed E-state index contributed by atoms with van der Waals surface area (Å²) < 4.78 is 11.4. The fraction of sp³-hybridized carbons (Fsp3) is 0.0333. The summed E-state index contributed by atoms with van der Waals surface area (Å²) in [7, 11) is 1.59. The molecular weight excluding hydrogens is 476 g/mol. The SMILES string of the molecule is COc1cccc(-c2nnc(Nc3ccc(Oc4ccnc5cc(C#N)ccc45)cc3)c3ccccc23)n1. The highest BCUT2D eigenvalue weighted by atomic mass is 16.5. The van der Waals surface area contributed by atoms with E-state index in [9.17, 15) is 0 Å². The van der Waals surface area contributed by atoms with E-state index < -0.39 is 0 Å². The average Bonchev–Trinajstić information content (AvgIpc) is 2.98. The molecule has 3 aromatic heterocycles. The Morgan fingerprint density at radius 1 is 0.816 bits per heavy atom. The van der Waals surface area contributed by atoms with Gasteiger partial charge in [0.25, 0.3) is 0 Å². The van der Waals surface area contributed by atoms with Gasteiger partial charge in [-0.25, -0.2) is 4.98 Å². The van der Waals surface area contributed by atoms with Crippen LogP contribution in [-0.4, -0.2) is 27.3 Å². The van der Waals surface area contributed by atoms with Crippen LogP contribution in [0.1, 0.15) is 5.56 Å². The van der Waals surface area contributed by atoms with E-state index >= 15 is 0 Å². The summed E-state index contributed by atoms with van der Waals surface area (Å²) in [6.07, 6.45) is 1.67. The van der Waals surface area contributed by atoms with E-state index in [1.807, 2.05) is 66.7 Å². The third-order valence-electron chi connectivity index (χ3n) is 6.04. The molecule has 0 bridgehead atoms. The Balaban J connectivity index is 1.27. The van der Waals surface area contributed by atoms with Gasteiger partial charge in [-0.2, -0.15) is 5.26 Å². The second-order valence-electron chi connectivity index (χ2n) is 8.41. The van der Waals surface area contributed by atoms with Gasteiger partial charge in [0.05, 0.1) is 30.0 Å². The molecule has 0 atom stereocenters. The van der Waals surface area contributed by atoms with Crippen LogP contribution in [0, 0.1) is 11.3 Å². The number of fused-ring (bicyclic) bond motifs is 2.